The summed E-state index contributed by atoms with van der Waals surface area (Å²) in [7, 11) is 0. The Hall–Kier alpha value is -3.31. The van der Waals surface area contributed by atoms with Crippen LogP contribution in [-0.2, 0) is 0 Å². The first kappa shape index (κ1) is 17.1. The fourth-order valence-corrected chi connectivity index (χ4v) is 3.06. The van der Waals surface area contributed by atoms with Crippen molar-refractivity contribution in [3.63, 3.8) is 0 Å². The fraction of sp³-hybridized carbons (Fsp3) is 0. The van der Waals surface area contributed by atoms with E-state index < -0.39 is 11.7 Å². The fourth-order valence-electron chi connectivity index (χ4n) is 2.77. The minimum Gasteiger partial charge on any atom is -0.455 e. The molecule has 1 aromatic heterocycles. The number of ether oxygens (including phenoxy) is 1. The summed E-state index contributed by atoms with van der Waals surface area (Å²) in [6.45, 7) is 0. The average molecular weight is 381 g/mol. The number of rotatable bonds is 4. The summed E-state index contributed by atoms with van der Waals surface area (Å²) in [5, 5.41) is 3.92. The molecule has 0 aliphatic heterocycles. The van der Waals surface area contributed by atoms with Gasteiger partial charge in [-0.1, -0.05) is 48.0 Å². The molecule has 1 amide bonds. The second-order valence-electron chi connectivity index (χ2n) is 5.87. The summed E-state index contributed by atoms with van der Waals surface area (Å²) in [4.78, 5) is 15.7. The molecule has 4 nitrogen and oxygen atoms in total. The Morgan fingerprint density at radius 2 is 1.78 bits per heavy atom. The van der Waals surface area contributed by atoms with Crippen LogP contribution in [0.3, 0.4) is 0 Å². The van der Waals surface area contributed by atoms with E-state index >= 15 is 0 Å². The van der Waals surface area contributed by atoms with Crippen molar-refractivity contribution in [1.82, 2.24) is 4.98 Å². The second kappa shape index (κ2) is 7.13. The smallest absolute Gasteiger partial charge is 0.273 e. The molecule has 0 radical (unpaired) electrons. The number of halogens is 2. The average Bonchev–Trinajstić information content (AvgIpc) is 3.01. The number of aromatic amines is 1. The highest BCUT2D eigenvalue weighted by Crippen LogP contribution is 2.32. The van der Waals surface area contributed by atoms with Gasteiger partial charge in [-0.15, -0.1) is 0 Å². The van der Waals surface area contributed by atoms with Crippen LogP contribution in [0.25, 0.3) is 10.9 Å². The van der Waals surface area contributed by atoms with Gasteiger partial charge in [-0.25, -0.2) is 4.39 Å². The molecule has 0 fully saturated rings. The predicted octanol–water partition coefficient (Wildman–Crippen LogP) is 6.01. The Morgan fingerprint density at radius 1 is 1.00 bits per heavy atom. The lowest BCUT2D eigenvalue weighted by Gasteiger charge is -2.12. The highest BCUT2D eigenvalue weighted by molar-refractivity contribution is 6.39. The van der Waals surface area contributed by atoms with Crippen LogP contribution in [0.2, 0.25) is 5.02 Å². The standard InChI is InChI=1S/C21H14ClFN2O2/c22-19-15-8-1-2-9-16(15)24-20(19)21(26)25-17-10-3-4-11-18(17)27-14-7-5-6-13(23)12-14/h1-12,24H,(H,25,26). The maximum Gasteiger partial charge on any atom is 0.273 e. The maximum atomic E-state index is 13.4. The molecule has 4 aromatic rings. The summed E-state index contributed by atoms with van der Waals surface area (Å²) >= 11 is 6.34. The van der Waals surface area contributed by atoms with Crippen molar-refractivity contribution in [3.8, 4) is 11.5 Å². The molecular formula is C21H14ClFN2O2. The normalized spacial score (nSPS) is 10.7. The van der Waals surface area contributed by atoms with Crippen molar-refractivity contribution < 1.29 is 13.9 Å². The van der Waals surface area contributed by atoms with Crippen LogP contribution in [-0.4, -0.2) is 10.9 Å². The number of para-hydroxylation sites is 3. The van der Waals surface area contributed by atoms with Gasteiger partial charge in [-0.2, -0.15) is 0 Å². The number of carbonyl (C=O) groups is 1. The molecule has 6 heteroatoms. The number of benzene rings is 3. The Balaban J connectivity index is 1.62. The molecule has 0 bridgehead atoms. The molecule has 0 unspecified atom stereocenters. The van der Waals surface area contributed by atoms with Crippen molar-refractivity contribution in [2.45, 2.75) is 0 Å². The molecule has 1 heterocycles. The van der Waals surface area contributed by atoms with Crippen molar-refractivity contribution in [3.05, 3.63) is 89.3 Å². The lowest BCUT2D eigenvalue weighted by molar-refractivity contribution is 0.102. The summed E-state index contributed by atoms with van der Waals surface area (Å²) in [5.41, 5.74) is 1.48. The topological polar surface area (TPSA) is 54.1 Å². The Morgan fingerprint density at radius 3 is 2.59 bits per heavy atom. The van der Waals surface area contributed by atoms with Crippen LogP contribution in [0.4, 0.5) is 10.1 Å². The third-order valence-electron chi connectivity index (χ3n) is 4.03. The van der Waals surface area contributed by atoms with Gasteiger partial charge in [0.1, 0.15) is 17.3 Å². The van der Waals surface area contributed by atoms with Crippen molar-refractivity contribution in [2.24, 2.45) is 0 Å². The van der Waals surface area contributed by atoms with Crippen LogP contribution in [0, 0.1) is 5.82 Å². The number of amides is 1. The Labute approximate surface area is 159 Å². The molecule has 134 valence electrons. The molecule has 0 saturated heterocycles. The minimum atomic E-state index is -0.404. The van der Waals surface area contributed by atoms with E-state index in [9.17, 15) is 9.18 Å². The zero-order valence-corrected chi connectivity index (χ0v) is 14.8. The molecule has 4 rings (SSSR count). The van der Waals surface area contributed by atoms with Crippen molar-refractivity contribution in [2.75, 3.05) is 5.32 Å². The van der Waals surface area contributed by atoms with Gasteiger partial charge in [0.15, 0.2) is 5.75 Å². The van der Waals surface area contributed by atoms with E-state index in [1.54, 1.807) is 36.4 Å². The van der Waals surface area contributed by atoms with E-state index in [2.05, 4.69) is 10.3 Å². The lowest BCUT2D eigenvalue weighted by atomic mass is 10.2. The highest BCUT2D eigenvalue weighted by Gasteiger charge is 2.17. The number of anilines is 1. The molecule has 0 spiro atoms. The van der Waals surface area contributed by atoms with Crippen LogP contribution in [0.15, 0.2) is 72.8 Å². The third-order valence-corrected chi connectivity index (χ3v) is 4.42. The number of hydrogen-bond acceptors (Lipinski definition) is 2. The van der Waals surface area contributed by atoms with E-state index in [0.29, 0.717) is 22.2 Å². The SMILES string of the molecule is O=C(Nc1ccccc1Oc1cccc(F)c1)c1[nH]c2ccccc2c1Cl. The lowest BCUT2D eigenvalue weighted by Crippen LogP contribution is -2.13. The van der Waals surface area contributed by atoms with Crippen molar-refractivity contribution >= 4 is 34.1 Å². The van der Waals surface area contributed by atoms with Gasteiger partial charge in [0.05, 0.1) is 10.7 Å². The van der Waals surface area contributed by atoms with E-state index in [4.69, 9.17) is 16.3 Å². The number of nitrogens with one attached hydrogen (secondary N) is 2. The van der Waals surface area contributed by atoms with Gasteiger partial charge in [0.2, 0.25) is 0 Å². The van der Waals surface area contributed by atoms with Crippen LogP contribution in [0.5, 0.6) is 11.5 Å². The van der Waals surface area contributed by atoms with Gasteiger partial charge in [-0.05, 0) is 30.3 Å². The number of carbonyl (C=O) groups excluding carboxylic acids is 1. The van der Waals surface area contributed by atoms with E-state index in [1.165, 1.54) is 12.1 Å². The van der Waals surface area contributed by atoms with Gasteiger partial charge in [0, 0.05) is 17.0 Å². The molecule has 3 aromatic carbocycles. The number of H-pyrrole nitrogens is 1. The molecule has 2 N–H and O–H groups in total. The highest BCUT2D eigenvalue weighted by atomic mass is 35.5. The first-order chi connectivity index (χ1) is 13.1. The first-order valence-electron chi connectivity index (χ1n) is 8.22. The maximum absolute atomic E-state index is 13.4. The summed E-state index contributed by atoms with van der Waals surface area (Å²) < 4.78 is 19.1. The summed E-state index contributed by atoms with van der Waals surface area (Å²) in [6, 6.07) is 20.1. The zero-order chi connectivity index (χ0) is 18.8. The minimum absolute atomic E-state index is 0.262. The summed E-state index contributed by atoms with van der Waals surface area (Å²) in [5.74, 6) is -0.0746. The summed E-state index contributed by atoms with van der Waals surface area (Å²) in [6.07, 6.45) is 0. The quantitative estimate of drug-likeness (QED) is 0.456. The van der Waals surface area contributed by atoms with Gasteiger partial charge in [-0.3, -0.25) is 4.79 Å². The molecule has 0 aliphatic rings. The largest absolute Gasteiger partial charge is 0.455 e. The molecular weight excluding hydrogens is 367 g/mol. The van der Waals surface area contributed by atoms with E-state index in [0.717, 1.165) is 10.9 Å². The third kappa shape index (κ3) is 3.50. The van der Waals surface area contributed by atoms with Crippen LogP contribution >= 0.6 is 11.6 Å². The Kier molecular flexibility index (Phi) is 4.52. The van der Waals surface area contributed by atoms with Gasteiger partial charge >= 0.3 is 0 Å². The number of hydrogen-bond donors (Lipinski definition) is 2. The number of fused-ring (bicyclic) bond motifs is 1. The van der Waals surface area contributed by atoms with E-state index in [1.807, 2.05) is 24.3 Å². The molecule has 27 heavy (non-hydrogen) atoms. The number of aromatic nitrogens is 1. The van der Waals surface area contributed by atoms with Crippen LogP contribution < -0.4 is 10.1 Å². The molecule has 0 atom stereocenters. The van der Waals surface area contributed by atoms with Crippen LogP contribution in [0.1, 0.15) is 10.5 Å². The van der Waals surface area contributed by atoms with Gasteiger partial charge < -0.3 is 15.0 Å². The van der Waals surface area contributed by atoms with Crippen molar-refractivity contribution in [1.29, 1.82) is 0 Å². The predicted molar refractivity (Wildman–Crippen MR) is 104 cm³/mol. The van der Waals surface area contributed by atoms with Gasteiger partial charge in [0.25, 0.3) is 5.91 Å². The zero-order valence-electron chi connectivity index (χ0n) is 14.0. The monoisotopic (exact) mass is 380 g/mol. The second-order valence-corrected chi connectivity index (χ2v) is 6.25. The first-order valence-corrected chi connectivity index (χ1v) is 8.59. The molecule has 0 saturated carbocycles. The van der Waals surface area contributed by atoms with E-state index in [-0.39, 0.29) is 5.69 Å². The Bertz CT molecular complexity index is 1140. The molecule has 0 aliphatic carbocycles.